The summed E-state index contributed by atoms with van der Waals surface area (Å²) in [6.45, 7) is 3.77. The first-order valence-corrected chi connectivity index (χ1v) is 6.75. The molecule has 4 nitrogen and oxygen atoms in total. The summed E-state index contributed by atoms with van der Waals surface area (Å²) in [5.74, 6) is -1.27. The van der Waals surface area contributed by atoms with Crippen molar-refractivity contribution in [3.8, 4) is 0 Å². The largest absolute Gasteiger partial charge is 0.478 e. The van der Waals surface area contributed by atoms with Crippen LogP contribution in [-0.2, 0) is 16.0 Å². The van der Waals surface area contributed by atoms with Crippen molar-refractivity contribution in [2.75, 3.05) is 6.61 Å². The molecule has 0 aromatic heterocycles. The van der Waals surface area contributed by atoms with Crippen LogP contribution in [0.2, 0.25) is 0 Å². The van der Waals surface area contributed by atoms with Crippen molar-refractivity contribution in [1.82, 2.24) is 0 Å². The third kappa shape index (κ3) is 6.18. The fraction of sp³-hybridized carbons (Fsp3) is 0.375. The minimum atomic E-state index is -0.898. The molecule has 108 valence electrons. The maximum absolute atomic E-state index is 10.8. The zero-order chi connectivity index (χ0) is 14.8. The molecule has 0 radical (unpaired) electrons. The van der Waals surface area contributed by atoms with Gasteiger partial charge in [0.15, 0.2) is 0 Å². The number of carbonyl (C=O) groups is 2. The average molecular weight is 276 g/mol. The Hall–Kier alpha value is -2.10. The molecule has 0 heterocycles. The summed E-state index contributed by atoms with van der Waals surface area (Å²) in [5, 5.41) is 8.79. The zero-order valence-electron chi connectivity index (χ0n) is 11.5. The van der Waals surface area contributed by atoms with Crippen molar-refractivity contribution < 1.29 is 19.4 Å². The third-order valence-electron chi connectivity index (χ3n) is 2.97. The van der Waals surface area contributed by atoms with Gasteiger partial charge in [-0.15, -0.1) is 0 Å². The first-order valence-electron chi connectivity index (χ1n) is 6.75. The summed E-state index contributed by atoms with van der Waals surface area (Å²) >= 11 is 0. The topological polar surface area (TPSA) is 63.6 Å². The maximum atomic E-state index is 10.8. The first kappa shape index (κ1) is 16.0. The Morgan fingerprint density at radius 2 is 1.75 bits per heavy atom. The number of aromatic carboxylic acids is 1. The average Bonchev–Trinajstić information content (AvgIpc) is 2.46. The summed E-state index contributed by atoms with van der Waals surface area (Å²) in [7, 11) is 0. The van der Waals surface area contributed by atoms with Gasteiger partial charge in [0.1, 0.15) is 0 Å². The fourth-order valence-corrected chi connectivity index (χ4v) is 1.83. The van der Waals surface area contributed by atoms with E-state index in [9.17, 15) is 9.59 Å². The molecule has 0 amide bonds. The van der Waals surface area contributed by atoms with Crippen LogP contribution in [0.15, 0.2) is 36.9 Å². The molecule has 0 spiro atoms. The molecule has 0 atom stereocenters. The third-order valence-corrected chi connectivity index (χ3v) is 2.97. The van der Waals surface area contributed by atoms with Gasteiger partial charge in [-0.3, -0.25) is 0 Å². The molecule has 0 unspecified atom stereocenters. The quantitative estimate of drug-likeness (QED) is 0.427. The van der Waals surface area contributed by atoms with Gasteiger partial charge >= 0.3 is 11.9 Å². The van der Waals surface area contributed by atoms with E-state index in [1.54, 1.807) is 12.1 Å². The van der Waals surface area contributed by atoms with Gasteiger partial charge in [0, 0.05) is 6.08 Å². The smallest absolute Gasteiger partial charge is 0.335 e. The number of benzene rings is 1. The molecule has 0 saturated carbocycles. The molecule has 1 rings (SSSR count). The van der Waals surface area contributed by atoms with Crippen LogP contribution in [0.5, 0.6) is 0 Å². The van der Waals surface area contributed by atoms with Crippen molar-refractivity contribution in [2.45, 2.75) is 32.1 Å². The van der Waals surface area contributed by atoms with Gasteiger partial charge < -0.3 is 9.84 Å². The van der Waals surface area contributed by atoms with Gasteiger partial charge in [0.05, 0.1) is 12.2 Å². The number of hydrogen-bond donors (Lipinski definition) is 1. The summed E-state index contributed by atoms with van der Waals surface area (Å²) in [5.41, 5.74) is 1.46. The van der Waals surface area contributed by atoms with E-state index in [4.69, 9.17) is 9.84 Å². The number of unbranched alkanes of at least 4 members (excludes halogenated alkanes) is 3. The van der Waals surface area contributed by atoms with Crippen LogP contribution < -0.4 is 0 Å². The van der Waals surface area contributed by atoms with Gasteiger partial charge in [-0.1, -0.05) is 31.6 Å². The molecule has 4 heteroatoms. The minimum absolute atomic E-state index is 0.317. The summed E-state index contributed by atoms with van der Waals surface area (Å²) in [6, 6.07) is 6.98. The second-order valence-corrected chi connectivity index (χ2v) is 4.54. The van der Waals surface area contributed by atoms with Crippen molar-refractivity contribution in [2.24, 2.45) is 0 Å². The highest BCUT2D eigenvalue weighted by atomic mass is 16.5. The number of rotatable bonds is 9. The Bertz CT molecular complexity index is 448. The lowest BCUT2D eigenvalue weighted by Gasteiger charge is -2.03. The summed E-state index contributed by atoms with van der Waals surface area (Å²) < 4.78 is 4.88. The number of esters is 1. The molecule has 0 aliphatic carbocycles. The molecule has 0 fully saturated rings. The van der Waals surface area contributed by atoms with E-state index in [-0.39, 0.29) is 5.97 Å². The van der Waals surface area contributed by atoms with E-state index < -0.39 is 5.97 Å². The highest BCUT2D eigenvalue weighted by molar-refractivity contribution is 5.87. The highest BCUT2D eigenvalue weighted by Gasteiger charge is 2.01. The maximum Gasteiger partial charge on any atom is 0.335 e. The molecule has 20 heavy (non-hydrogen) atoms. The molecule has 1 aromatic rings. The minimum Gasteiger partial charge on any atom is -0.478 e. The number of carboxylic acid groups (broad SMARTS) is 1. The van der Waals surface area contributed by atoms with E-state index in [2.05, 4.69) is 6.58 Å². The molecule has 0 aliphatic heterocycles. The Morgan fingerprint density at radius 3 is 2.35 bits per heavy atom. The summed E-state index contributed by atoms with van der Waals surface area (Å²) in [6.07, 6.45) is 6.08. The normalized spacial score (nSPS) is 10.0. The fourth-order valence-electron chi connectivity index (χ4n) is 1.83. The van der Waals surface area contributed by atoms with Gasteiger partial charge in [-0.2, -0.15) is 0 Å². The van der Waals surface area contributed by atoms with Gasteiger partial charge in [0.2, 0.25) is 0 Å². The van der Waals surface area contributed by atoms with E-state index in [1.165, 1.54) is 6.08 Å². The molecule has 1 N–H and O–H groups in total. The van der Waals surface area contributed by atoms with Gasteiger partial charge in [-0.05, 0) is 37.0 Å². The van der Waals surface area contributed by atoms with Crippen molar-refractivity contribution in [3.63, 3.8) is 0 Å². The van der Waals surface area contributed by atoms with Crippen LogP contribution in [0.4, 0.5) is 0 Å². The second kappa shape index (κ2) is 8.91. The molecular formula is C16H20O4. The van der Waals surface area contributed by atoms with Crippen LogP contribution in [0.3, 0.4) is 0 Å². The standard InChI is InChI=1S/C16H20O4/c1-2-15(17)20-12-6-4-3-5-7-13-8-10-14(11-9-13)16(18)19/h2,8-11H,1,3-7,12H2,(H,18,19). The number of ether oxygens (including phenoxy) is 1. The number of hydrogen-bond acceptors (Lipinski definition) is 3. The SMILES string of the molecule is C=CC(=O)OCCCCCCc1ccc(C(=O)O)cc1. The Labute approximate surface area is 119 Å². The van der Waals surface area contributed by atoms with Crippen molar-refractivity contribution >= 4 is 11.9 Å². The lowest BCUT2D eigenvalue weighted by atomic mass is 10.0. The van der Waals surface area contributed by atoms with E-state index in [0.717, 1.165) is 37.7 Å². The number of carbonyl (C=O) groups excluding carboxylic acids is 1. The number of aryl methyl sites for hydroxylation is 1. The second-order valence-electron chi connectivity index (χ2n) is 4.54. The monoisotopic (exact) mass is 276 g/mol. The van der Waals surface area contributed by atoms with E-state index >= 15 is 0 Å². The zero-order valence-corrected chi connectivity index (χ0v) is 11.5. The lowest BCUT2D eigenvalue weighted by molar-refractivity contribution is -0.137. The Kier molecular flexibility index (Phi) is 7.11. The molecule has 0 aliphatic rings. The predicted molar refractivity (Wildman–Crippen MR) is 76.7 cm³/mol. The Balaban J connectivity index is 2.10. The van der Waals surface area contributed by atoms with Crippen LogP contribution >= 0.6 is 0 Å². The Morgan fingerprint density at radius 1 is 1.10 bits per heavy atom. The van der Waals surface area contributed by atoms with E-state index in [0.29, 0.717) is 12.2 Å². The van der Waals surface area contributed by atoms with Crippen molar-refractivity contribution in [1.29, 1.82) is 0 Å². The lowest BCUT2D eigenvalue weighted by Crippen LogP contribution is -2.01. The molecule has 0 bridgehead atoms. The van der Waals surface area contributed by atoms with Gasteiger partial charge in [0.25, 0.3) is 0 Å². The van der Waals surface area contributed by atoms with Crippen LogP contribution in [0, 0.1) is 0 Å². The van der Waals surface area contributed by atoms with Crippen LogP contribution in [-0.4, -0.2) is 23.7 Å². The van der Waals surface area contributed by atoms with Gasteiger partial charge in [-0.25, -0.2) is 9.59 Å². The van der Waals surface area contributed by atoms with Crippen molar-refractivity contribution in [3.05, 3.63) is 48.0 Å². The van der Waals surface area contributed by atoms with E-state index in [1.807, 2.05) is 12.1 Å². The highest BCUT2D eigenvalue weighted by Crippen LogP contribution is 2.10. The van der Waals surface area contributed by atoms with Crippen LogP contribution in [0.25, 0.3) is 0 Å². The predicted octanol–water partition coefficient (Wildman–Crippen LogP) is 3.22. The van der Waals surface area contributed by atoms with Crippen LogP contribution in [0.1, 0.15) is 41.6 Å². The summed E-state index contributed by atoms with van der Waals surface area (Å²) in [4.78, 5) is 21.5. The first-order chi connectivity index (χ1) is 9.63. The molecular weight excluding hydrogens is 256 g/mol. The number of carboxylic acids is 1. The molecule has 1 aromatic carbocycles. The molecule has 0 saturated heterocycles.